The van der Waals surface area contributed by atoms with Crippen molar-refractivity contribution in [3.05, 3.63) is 54.6 Å². The van der Waals surface area contributed by atoms with Gasteiger partial charge in [-0.3, -0.25) is 4.79 Å². The highest BCUT2D eigenvalue weighted by Crippen LogP contribution is 2.05. The van der Waals surface area contributed by atoms with Crippen LogP contribution in [0.1, 0.15) is 10.4 Å². The molecule has 1 N–H and O–H groups in total. The minimum absolute atomic E-state index is 0.0237. The van der Waals surface area contributed by atoms with E-state index in [1.54, 1.807) is 0 Å². The van der Waals surface area contributed by atoms with Crippen LogP contribution in [0.5, 0.6) is 0 Å². The van der Waals surface area contributed by atoms with E-state index in [0.717, 1.165) is 5.69 Å². The zero-order valence-electron chi connectivity index (χ0n) is 8.63. The molecule has 0 spiro atoms. The summed E-state index contributed by atoms with van der Waals surface area (Å²) < 4.78 is 0. The zero-order valence-corrected chi connectivity index (χ0v) is 8.63. The summed E-state index contributed by atoms with van der Waals surface area (Å²) in [6, 6.07) is 9.58. The molecule has 4 heteroatoms. The van der Waals surface area contributed by atoms with Gasteiger partial charge in [0.2, 0.25) is 0 Å². The summed E-state index contributed by atoms with van der Waals surface area (Å²) in [5.74, 6) is -0.0237. The van der Waals surface area contributed by atoms with Crippen molar-refractivity contribution in [1.29, 1.82) is 0 Å². The van der Waals surface area contributed by atoms with E-state index in [9.17, 15) is 4.79 Å². The number of hydrogen-bond donors (Lipinski definition) is 1. The van der Waals surface area contributed by atoms with Gasteiger partial charge in [-0.05, 0) is 12.1 Å². The van der Waals surface area contributed by atoms with Gasteiger partial charge in [0.15, 0.2) is 5.78 Å². The molecule has 0 saturated heterocycles. The Balaban J connectivity index is 1.95. The summed E-state index contributed by atoms with van der Waals surface area (Å²) in [5, 5.41) is 3.04. The number of benzene rings is 1. The number of aromatic nitrogens is 2. The molecule has 2 rings (SSSR count). The van der Waals surface area contributed by atoms with Crippen molar-refractivity contribution in [3.8, 4) is 0 Å². The molecule has 0 saturated carbocycles. The molecule has 0 unspecified atom stereocenters. The average Bonchev–Trinajstić information content (AvgIpc) is 2.38. The van der Waals surface area contributed by atoms with Crippen LogP contribution in [0, 0.1) is 0 Å². The minimum atomic E-state index is -0.0237. The van der Waals surface area contributed by atoms with E-state index in [0.29, 0.717) is 5.56 Å². The standard InChI is InChI=1S/C12H11N3O/c16-12(10-6-13-9-14-7-10)8-15-11-4-2-1-3-5-11/h1-7,9,15H,8H2. The molecule has 0 aliphatic carbocycles. The van der Waals surface area contributed by atoms with Gasteiger partial charge in [0.1, 0.15) is 6.33 Å². The number of rotatable bonds is 4. The van der Waals surface area contributed by atoms with E-state index in [2.05, 4.69) is 15.3 Å². The molecule has 0 radical (unpaired) electrons. The third kappa shape index (κ3) is 2.63. The van der Waals surface area contributed by atoms with Crippen LogP contribution in [0.25, 0.3) is 0 Å². The van der Waals surface area contributed by atoms with Gasteiger partial charge < -0.3 is 5.32 Å². The molecule has 1 heterocycles. The van der Waals surface area contributed by atoms with Crippen LogP contribution in [0.2, 0.25) is 0 Å². The van der Waals surface area contributed by atoms with E-state index < -0.39 is 0 Å². The molecule has 0 fully saturated rings. The zero-order chi connectivity index (χ0) is 11.2. The van der Waals surface area contributed by atoms with Crippen LogP contribution < -0.4 is 5.32 Å². The third-order valence-corrected chi connectivity index (χ3v) is 2.11. The molecule has 4 nitrogen and oxygen atoms in total. The van der Waals surface area contributed by atoms with Crippen LogP contribution in [0.4, 0.5) is 5.69 Å². The number of para-hydroxylation sites is 1. The molecule has 0 amide bonds. The number of ketones is 1. The Labute approximate surface area is 93.4 Å². The third-order valence-electron chi connectivity index (χ3n) is 2.11. The predicted octanol–water partition coefficient (Wildman–Crippen LogP) is 1.77. The number of anilines is 1. The second kappa shape index (κ2) is 5.02. The maximum absolute atomic E-state index is 11.7. The number of Topliss-reactive ketones (excluding diaryl/α,β-unsaturated/α-hetero) is 1. The fourth-order valence-electron chi connectivity index (χ4n) is 1.28. The highest BCUT2D eigenvalue weighted by atomic mass is 16.1. The molecule has 0 aliphatic heterocycles. The van der Waals surface area contributed by atoms with E-state index in [-0.39, 0.29) is 12.3 Å². The maximum Gasteiger partial charge on any atom is 0.184 e. The van der Waals surface area contributed by atoms with E-state index in [4.69, 9.17) is 0 Å². The van der Waals surface area contributed by atoms with Crippen LogP contribution in [-0.2, 0) is 0 Å². The number of nitrogens with zero attached hydrogens (tertiary/aromatic N) is 2. The van der Waals surface area contributed by atoms with Gasteiger partial charge >= 0.3 is 0 Å². The molecular formula is C12H11N3O. The van der Waals surface area contributed by atoms with E-state index in [1.807, 2.05) is 30.3 Å². The monoisotopic (exact) mass is 213 g/mol. The molecule has 1 aromatic carbocycles. The lowest BCUT2D eigenvalue weighted by atomic mass is 10.2. The number of hydrogen-bond acceptors (Lipinski definition) is 4. The maximum atomic E-state index is 11.7. The van der Waals surface area contributed by atoms with Crippen LogP contribution in [-0.4, -0.2) is 22.3 Å². The summed E-state index contributed by atoms with van der Waals surface area (Å²) in [4.78, 5) is 19.3. The average molecular weight is 213 g/mol. The first-order valence-electron chi connectivity index (χ1n) is 4.93. The lowest BCUT2D eigenvalue weighted by Crippen LogP contribution is -2.14. The largest absolute Gasteiger partial charge is 0.378 e. The van der Waals surface area contributed by atoms with Gasteiger partial charge in [0.05, 0.1) is 12.1 Å². The first-order valence-corrected chi connectivity index (χ1v) is 4.93. The topological polar surface area (TPSA) is 54.9 Å². The lowest BCUT2D eigenvalue weighted by Gasteiger charge is -2.04. The van der Waals surface area contributed by atoms with Gasteiger partial charge in [0.25, 0.3) is 0 Å². The first kappa shape index (κ1) is 10.3. The minimum Gasteiger partial charge on any atom is -0.378 e. The Bertz CT molecular complexity index is 456. The van der Waals surface area contributed by atoms with Crippen molar-refractivity contribution < 1.29 is 4.79 Å². The summed E-state index contributed by atoms with van der Waals surface area (Å²) in [5.41, 5.74) is 1.44. The SMILES string of the molecule is O=C(CNc1ccccc1)c1cncnc1. The van der Waals surface area contributed by atoms with Crippen LogP contribution in [0.3, 0.4) is 0 Å². The molecule has 16 heavy (non-hydrogen) atoms. The number of carbonyl (C=O) groups excluding carboxylic acids is 1. The van der Waals surface area contributed by atoms with Crippen LogP contribution in [0.15, 0.2) is 49.1 Å². The van der Waals surface area contributed by atoms with Crippen molar-refractivity contribution in [2.24, 2.45) is 0 Å². The van der Waals surface area contributed by atoms with Gasteiger partial charge in [-0.15, -0.1) is 0 Å². The molecule has 80 valence electrons. The quantitative estimate of drug-likeness (QED) is 0.786. The van der Waals surface area contributed by atoms with E-state index >= 15 is 0 Å². The molecule has 2 aromatic rings. The summed E-state index contributed by atoms with van der Waals surface area (Å²) in [6.45, 7) is 0.247. The van der Waals surface area contributed by atoms with Crippen molar-refractivity contribution >= 4 is 11.5 Å². The van der Waals surface area contributed by atoms with Crippen molar-refractivity contribution in [2.75, 3.05) is 11.9 Å². The van der Waals surface area contributed by atoms with Crippen molar-refractivity contribution in [1.82, 2.24) is 9.97 Å². The highest BCUT2D eigenvalue weighted by Gasteiger charge is 2.04. The Hall–Kier alpha value is -2.23. The van der Waals surface area contributed by atoms with Crippen molar-refractivity contribution in [2.45, 2.75) is 0 Å². The van der Waals surface area contributed by atoms with Gasteiger partial charge in [-0.1, -0.05) is 18.2 Å². The summed E-state index contributed by atoms with van der Waals surface area (Å²) >= 11 is 0. The Kier molecular flexibility index (Phi) is 3.23. The van der Waals surface area contributed by atoms with E-state index in [1.165, 1.54) is 18.7 Å². The second-order valence-electron chi connectivity index (χ2n) is 3.27. The Morgan fingerprint density at radius 1 is 1.12 bits per heavy atom. The van der Waals surface area contributed by atoms with Crippen molar-refractivity contribution in [3.63, 3.8) is 0 Å². The lowest BCUT2D eigenvalue weighted by molar-refractivity contribution is 0.101. The Morgan fingerprint density at radius 2 is 1.81 bits per heavy atom. The molecular weight excluding hydrogens is 202 g/mol. The van der Waals surface area contributed by atoms with Gasteiger partial charge in [-0.2, -0.15) is 0 Å². The van der Waals surface area contributed by atoms with Crippen LogP contribution >= 0.6 is 0 Å². The number of nitrogens with one attached hydrogen (secondary N) is 1. The predicted molar refractivity (Wildman–Crippen MR) is 61.3 cm³/mol. The summed E-state index contributed by atoms with van der Waals surface area (Å²) in [6.07, 6.45) is 4.44. The summed E-state index contributed by atoms with van der Waals surface area (Å²) in [7, 11) is 0. The number of carbonyl (C=O) groups is 1. The Morgan fingerprint density at radius 3 is 2.50 bits per heavy atom. The molecule has 1 aromatic heterocycles. The second-order valence-corrected chi connectivity index (χ2v) is 3.27. The normalized spacial score (nSPS) is 9.75. The molecule has 0 atom stereocenters. The first-order chi connectivity index (χ1) is 7.86. The smallest absolute Gasteiger partial charge is 0.184 e. The molecule has 0 bridgehead atoms. The fourth-order valence-corrected chi connectivity index (χ4v) is 1.28. The van der Waals surface area contributed by atoms with Gasteiger partial charge in [0, 0.05) is 18.1 Å². The molecule has 0 aliphatic rings. The van der Waals surface area contributed by atoms with Gasteiger partial charge in [-0.25, -0.2) is 9.97 Å². The highest BCUT2D eigenvalue weighted by molar-refractivity contribution is 5.98. The fraction of sp³-hybridized carbons (Fsp3) is 0.0833.